The van der Waals surface area contributed by atoms with Crippen molar-refractivity contribution in [3.63, 3.8) is 0 Å². The van der Waals surface area contributed by atoms with E-state index in [0.29, 0.717) is 18.5 Å². The third-order valence-corrected chi connectivity index (χ3v) is 5.25. The van der Waals surface area contributed by atoms with Gasteiger partial charge < -0.3 is 15.8 Å². The number of allylic oxidation sites excluding steroid dienone is 1. The third-order valence-electron chi connectivity index (χ3n) is 4.87. The molecule has 0 radical (unpaired) electrons. The van der Waals surface area contributed by atoms with E-state index in [1.54, 1.807) is 6.08 Å². The van der Waals surface area contributed by atoms with Gasteiger partial charge in [-0.3, -0.25) is 0 Å². The maximum absolute atomic E-state index is 13.8. The number of benzene rings is 1. The highest BCUT2D eigenvalue weighted by Crippen LogP contribution is 2.39. The molecule has 2 fully saturated rings. The molecule has 0 aromatic heterocycles. The predicted molar refractivity (Wildman–Crippen MR) is 109 cm³/mol. The Morgan fingerprint density at radius 1 is 1.38 bits per heavy atom. The molecule has 1 aromatic carbocycles. The molecule has 154 valence electrons. The van der Waals surface area contributed by atoms with Gasteiger partial charge in [0.2, 0.25) is 0 Å². The molecule has 0 amide bonds. The molecule has 0 aliphatic heterocycles. The number of methoxy groups -OCH3 is 1. The van der Waals surface area contributed by atoms with Crippen LogP contribution in [-0.4, -0.2) is 24.3 Å². The van der Waals surface area contributed by atoms with Gasteiger partial charge in [-0.05, 0) is 37.8 Å². The summed E-state index contributed by atoms with van der Waals surface area (Å²) in [7, 11) is 1.22. The van der Waals surface area contributed by atoms with Gasteiger partial charge in [0.25, 0.3) is 0 Å². The molecule has 8 heteroatoms. The first-order valence-electron chi connectivity index (χ1n) is 9.19. The van der Waals surface area contributed by atoms with Crippen LogP contribution in [0.25, 0.3) is 6.08 Å². The first kappa shape index (κ1) is 21.0. The Hall–Kier alpha value is -2.67. The standard InChI is InChI=1S/C21H22ClF2N3O2/c1-12(13-6-7-13)26-18(20(28)29-2)17(22)19(25)27-21(10-11-21)9-8-14-15(23)4-3-5-16(14)24/h3-5,8-9,13,27H,1,6-7,10-11,25H2,2H3/b9-8+,19-17-,26-18+. The number of nitrogens with two attached hydrogens (primary N) is 1. The van der Waals surface area contributed by atoms with E-state index < -0.39 is 23.1 Å². The van der Waals surface area contributed by atoms with Crippen molar-refractivity contribution < 1.29 is 18.3 Å². The number of hydrogen-bond donors (Lipinski definition) is 2. The summed E-state index contributed by atoms with van der Waals surface area (Å²) < 4.78 is 32.4. The molecule has 5 nitrogen and oxygen atoms in total. The number of nitrogens with zero attached hydrogens (tertiary/aromatic N) is 1. The molecule has 0 bridgehead atoms. The Morgan fingerprint density at radius 3 is 2.52 bits per heavy atom. The minimum Gasteiger partial charge on any atom is -0.464 e. The van der Waals surface area contributed by atoms with Crippen molar-refractivity contribution in [2.75, 3.05) is 7.11 Å². The average Bonchev–Trinajstić information content (AvgIpc) is 3.60. The van der Waals surface area contributed by atoms with Crippen LogP contribution in [-0.2, 0) is 9.53 Å². The molecule has 3 N–H and O–H groups in total. The number of carbonyl (C=O) groups is 1. The summed E-state index contributed by atoms with van der Waals surface area (Å²) in [6.07, 6.45) is 6.31. The van der Waals surface area contributed by atoms with Crippen LogP contribution < -0.4 is 11.1 Å². The number of esters is 1. The van der Waals surface area contributed by atoms with Gasteiger partial charge in [0.1, 0.15) is 22.5 Å². The number of carbonyl (C=O) groups excluding carboxylic acids is 1. The molecule has 2 aliphatic carbocycles. The van der Waals surface area contributed by atoms with Crippen LogP contribution in [0.3, 0.4) is 0 Å². The minimum absolute atomic E-state index is 0.0237. The second-order valence-corrected chi connectivity index (χ2v) is 7.57. The summed E-state index contributed by atoms with van der Waals surface area (Å²) in [6.45, 7) is 3.86. The van der Waals surface area contributed by atoms with E-state index in [2.05, 4.69) is 16.9 Å². The number of nitrogens with one attached hydrogen (secondary N) is 1. The van der Waals surface area contributed by atoms with Gasteiger partial charge >= 0.3 is 5.97 Å². The lowest BCUT2D eigenvalue weighted by Crippen LogP contribution is -2.35. The lowest BCUT2D eigenvalue weighted by Gasteiger charge is -2.17. The quantitative estimate of drug-likeness (QED) is 0.491. The van der Waals surface area contributed by atoms with E-state index in [1.807, 2.05) is 0 Å². The molecule has 29 heavy (non-hydrogen) atoms. The Kier molecular flexibility index (Phi) is 6.07. The number of hydrogen-bond acceptors (Lipinski definition) is 5. The Labute approximate surface area is 173 Å². The molecule has 0 unspecified atom stereocenters. The molecular formula is C21H22ClF2N3O2. The number of rotatable bonds is 8. The average molecular weight is 422 g/mol. The van der Waals surface area contributed by atoms with Crippen molar-refractivity contribution in [2.24, 2.45) is 16.6 Å². The number of aliphatic imine (C=N–C) groups is 1. The fraction of sp³-hybridized carbons (Fsp3) is 0.333. The zero-order valence-electron chi connectivity index (χ0n) is 16.0. The van der Waals surface area contributed by atoms with Gasteiger partial charge in [-0.15, -0.1) is 0 Å². The van der Waals surface area contributed by atoms with E-state index in [9.17, 15) is 13.6 Å². The summed E-state index contributed by atoms with van der Waals surface area (Å²) in [6, 6.07) is 3.68. The van der Waals surface area contributed by atoms with Crippen molar-refractivity contribution in [3.8, 4) is 0 Å². The SMILES string of the molecule is C=C(/N=C(C(=O)OC)\C(Cl)=C(/N)NC1(/C=C/c2c(F)cccc2F)CC1)C1CC1. The van der Waals surface area contributed by atoms with Crippen LogP contribution in [0.15, 0.2) is 52.4 Å². The third kappa shape index (κ3) is 5.03. The van der Waals surface area contributed by atoms with E-state index in [-0.39, 0.29) is 28.0 Å². The highest BCUT2D eigenvalue weighted by molar-refractivity contribution is 6.58. The Bertz CT molecular complexity index is 912. The maximum Gasteiger partial charge on any atom is 0.358 e. The lowest BCUT2D eigenvalue weighted by atomic mass is 10.1. The summed E-state index contributed by atoms with van der Waals surface area (Å²) in [5.74, 6) is -1.78. The molecular weight excluding hydrogens is 400 g/mol. The number of halogens is 3. The van der Waals surface area contributed by atoms with Gasteiger partial charge in [0.05, 0.1) is 12.6 Å². The molecule has 1 aromatic rings. The smallest absolute Gasteiger partial charge is 0.358 e. The van der Waals surface area contributed by atoms with Gasteiger partial charge in [-0.1, -0.05) is 36.4 Å². The van der Waals surface area contributed by atoms with E-state index in [1.165, 1.54) is 31.4 Å². The summed E-state index contributed by atoms with van der Waals surface area (Å²) in [5.41, 5.74) is 5.75. The molecule has 2 aliphatic rings. The largest absolute Gasteiger partial charge is 0.464 e. The zero-order valence-corrected chi connectivity index (χ0v) is 16.7. The van der Waals surface area contributed by atoms with Crippen LogP contribution in [0.2, 0.25) is 0 Å². The second-order valence-electron chi connectivity index (χ2n) is 7.20. The monoisotopic (exact) mass is 421 g/mol. The Balaban J connectivity index is 1.81. The molecule has 0 atom stereocenters. The van der Waals surface area contributed by atoms with Crippen LogP contribution in [0.1, 0.15) is 31.2 Å². The predicted octanol–water partition coefficient (Wildman–Crippen LogP) is 4.00. The van der Waals surface area contributed by atoms with Crippen LogP contribution in [0.5, 0.6) is 0 Å². The Morgan fingerprint density at radius 2 is 2.00 bits per heavy atom. The van der Waals surface area contributed by atoms with E-state index in [0.717, 1.165) is 12.8 Å². The fourth-order valence-corrected chi connectivity index (χ4v) is 2.93. The van der Waals surface area contributed by atoms with E-state index in [4.69, 9.17) is 22.1 Å². The molecule has 0 heterocycles. The molecule has 2 saturated carbocycles. The van der Waals surface area contributed by atoms with Crippen molar-refractivity contribution in [2.45, 2.75) is 31.2 Å². The highest BCUT2D eigenvalue weighted by Gasteiger charge is 2.41. The summed E-state index contributed by atoms with van der Waals surface area (Å²) >= 11 is 6.32. The zero-order chi connectivity index (χ0) is 21.2. The minimum atomic E-state index is -0.727. The molecule has 3 rings (SSSR count). The van der Waals surface area contributed by atoms with Gasteiger partial charge in [-0.25, -0.2) is 18.6 Å². The summed E-state index contributed by atoms with van der Waals surface area (Å²) in [5, 5.41) is 2.94. The van der Waals surface area contributed by atoms with Gasteiger partial charge in [0.15, 0.2) is 5.71 Å². The van der Waals surface area contributed by atoms with Crippen LogP contribution in [0.4, 0.5) is 8.78 Å². The highest BCUT2D eigenvalue weighted by atomic mass is 35.5. The normalized spacial score (nSPS) is 19.0. The molecule has 0 spiro atoms. The van der Waals surface area contributed by atoms with E-state index >= 15 is 0 Å². The maximum atomic E-state index is 13.8. The molecule has 0 saturated heterocycles. The topological polar surface area (TPSA) is 76.7 Å². The van der Waals surface area contributed by atoms with Crippen molar-refractivity contribution >= 4 is 29.4 Å². The van der Waals surface area contributed by atoms with Crippen LogP contribution in [0, 0.1) is 17.6 Å². The van der Waals surface area contributed by atoms with Crippen molar-refractivity contribution in [1.29, 1.82) is 0 Å². The van der Waals surface area contributed by atoms with Crippen molar-refractivity contribution in [1.82, 2.24) is 5.32 Å². The lowest BCUT2D eigenvalue weighted by molar-refractivity contribution is -0.132. The first-order valence-corrected chi connectivity index (χ1v) is 9.57. The van der Waals surface area contributed by atoms with Crippen molar-refractivity contribution in [3.05, 3.63) is 64.6 Å². The fourth-order valence-electron chi connectivity index (χ4n) is 2.76. The van der Waals surface area contributed by atoms with Gasteiger partial charge in [-0.2, -0.15) is 0 Å². The summed E-state index contributed by atoms with van der Waals surface area (Å²) in [4.78, 5) is 16.3. The number of ether oxygens (including phenoxy) is 1. The van der Waals surface area contributed by atoms with Crippen LogP contribution >= 0.6 is 11.6 Å². The second kappa shape index (κ2) is 8.37. The van der Waals surface area contributed by atoms with Gasteiger partial charge in [0, 0.05) is 17.2 Å². The first-order chi connectivity index (χ1) is 13.8.